The first-order valence-electron chi connectivity index (χ1n) is 8.84. The summed E-state index contributed by atoms with van der Waals surface area (Å²) in [6.45, 7) is 7.89. The van der Waals surface area contributed by atoms with E-state index in [-0.39, 0.29) is 24.9 Å². The van der Waals surface area contributed by atoms with Gasteiger partial charge >= 0.3 is 5.97 Å². The molecule has 0 fully saturated rings. The zero-order chi connectivity index (χ0) is 19.3. The summed E-state index contributed by atoms with van der Waals surface area (Å²) in [6, 6.07) is 9.66. The van der Waals surface area contributed by atoms with Crippen LogP contribution in [0.5, 0.6) is 0 Å². The van der Waals surface area contributed by atoms with Crippen LogP contribution in [0.2, 0.25) is 0 Å². The van der Waals surface area contributed by atoms with E-state index in [1.54, 1.807) is 0 Å². The Morgan fingerprint density at radius 1 is 1.23 bits per heavy atom. The number of carbonyl (C=O) groups is 2. The highest BCUT2D eigenvalue weighted by atomic mass is 16.4. The first-order valence-corrected chi connectivity index (χ1v) is 8.84. The van der Waals surface area contributed by atoms with Crippen LogP contribution < -0.4 is 5.32 Å². The zero-order valence-electron chi connectivity index (χ0n) is 15.8. The molecule has 0 aliphatic carbocycles. The summed E-state index contributed by atoms with van der Waals surface area (Å²) < 4.78 is 1.83. The van der Waals surface area contributed by atoms with Crippen LogP contribution in [0.3, 0.4) is 0 Å². The number of nitrogens with zero attached hydrogens (tertiary/aromatic N) is 2. The van der Waals surface area contributed by atoms with Crippen LogP contribution in [0.4, 0.5) is 0 Å². The molecule has 0 bridgehead atoms. The number of aromatic nitrogens is 2. The summed E-state index contributed by atoms with van der Waals surface area (Å²) in [7, 11) is 0. The summed E-state index contributed by atoms with van der Waals surface area (Å²) >= 11 is 0. The molecule has 140 valence electrons. The number of nitrogens with one attached hydrogen (secondary N) is 1. The fourth-order valence-electron chi connectivity index (χ4n) is 3.13. The molecule has 6 nitrogen and oxygen atoms in total. The second-order valence-corrected chi connectivity index (χ2v) is 6.96. The number of benzene rings is 1. The van der Waals surface area contributed by atoms with Gasteiger partial charge in [-0.1, -0.05) is 29.8 Å². The lowest BCUT2D eigenvalue weighted by atomic mass is 9.98. The monoisotopic (exact) mass is 357 g/mol. The van der Waals surface area contributed by atoms with E-state index < -0.39 is 11.9 Å². The molecule has 0 aliphatic rings. The highest BCUT2D eigenvalue weighted by Crippen LogP contribution is 2.15. The quantitative estimate of drug-likeness (QED) is 0.761. The third-order valence-electron chi connectivity index (χ3n) is 4.40. The normalized spacial score (nSPS) is 13.2. The maximum absolute atomic E-state index is 12.2. The lowest BCUT2D eigenvalue weighted by molar-refractivity contribution is -0.141. The van der Waals surface area contributed by atoms with Crippen LogP contribution in [0.25, 0.3) is 0 Å². The maximum atomic E-state index is 12.2. The second-order valence-electron chi connectivity index (χ2n) is 6.96. The van der Waals surface area contributed by atoms with Gasteiger partial charge in [0.2, 0.25) is 5.91 Å². The van der Waals surface area contributed by atoms with Crippen molar-refractivity contribution in [2.75, 3.05) is 6.54 Å². The van der Waals surface area contributed by atoms with Gasteiger partial charge in [-0.3, -0.25) is 14.3 Å². The molecule has 0 saturated heterocycles. The molecule has 6 heteroatoms. The number of hydrogen-bond donors (Lipinski definition) is 2. The lowest BCUT2D eigenvalue weighted by Crippen LogP contribution is -2.35. The van der Waals surface area contributed by atoms with Gasteiger partial charge in [-0.15, -0.1) is 0 Å². The average molecular weight is 357 g/mol. The number of aryl methyl sites for hydroxylation is 3. The van der Waals surface area contributed by atoms with Crippen LogP contribution >= 0.6 is 0 Å². The van der Waals surface area contributed by atoms with Gasteiger partial charge in [0.15, 0.2) is 0 Å². The molecule has 2 atom stereocenters. The standard InChI is InChI=1S/C20H27N3O3/c1-13-6-5-7-17(8-13)11-18(20(25)26)12-21-19(24)10-16(4)23-15(3)9-14(2)22-23/h5-9,16,18H,10-12H2,1-4H3,(H,21,24)(H,25,26). The minimum Gasteiger partial charge on any atom is -0.481 e. The Kier molecular flexibility index (Phi) is 6.55. The summed E-state index contributed by atoms with van der Waals surface area (Å²) in [6.07, 6.45) is 0.656. The molecule has 0 radical (unpaired) electrons. The lowest BCUT2D eigenvalue weighted by Gasteiger charge is -2.17. The number of rotatable bonds is 8. The summed E-state index contributed by atoms with van der Waals surface area (Å²) in [5.74, 6) is -1.72. The molecule has 0 spiro atoms. The van der Waals surface area contributed by atoms with E-state index in [2.05, 4.69) is 10.4 Å². The van der Waals surface area contributed by atoms with Gasteiger partial charge in [-0.2, -0.15) is 5.10 Å². The van der Waals surface area contributed by atoms with Crippen molar-refractivity contribution in [3.05, 3.63) is 52.8 Å². The molecule has 2 unspecified atom stereocenters. The molecule has 26 heavy (non-hydrogen) atoms. The van der Waals surface area contributed by atoms with Gasteiger partial charge < -0.3 is 10.4 Å². The third kappa shape index (κ3) is 5.44. The van der Waals surface area contributed by atoms with Crippen molar-refractivity contribution in [2.45, 2.75) is 46.6 Å². The topological polar surface area (TPSA) is 84.2 Å². The van der Waals surface area contributed by atoms with E-state index in [0.29, 0.717) is 6.42 Å². The second kappa shape index (κ2) is 8.65. The zero-order valence-corrected chi connectivity index (χ0v) is 15.8. The molecular weight excluding hydrogens is 330 g/mol. The Hall–Kier alpha value is -2.63. The molecule has 1 heterocycles. The van der Waals surface area contributed by atoms with Gasteiger partial charge in [-0.25, -0.2) is 0 Å². The summed E-state index contributed by atoms with van der Waals surface area (Å²) in [4.78, 5) is 23.8. The van der Waals surface area contributed by atoms with Crippen molar-refractivity contribution in [3.63, 3.8) is 0 Å². The number of carbonyl (C=O) groups excluding carboxylic acids is 1. The third-order valence-corrected chi connectivity index (χ3v) is 4.40. The SMILES string of the molecule is Cc1cccc(CC(CNC(=O)CC(C)n2nc(C)cc2C)C(=O)O)c1. The number of carboxylic acids is 1. The van der Waals surface area contributed by atoms with Crippen LogP contribution in [-0.2, 0) is 16.0 Å². The molecule has 1 aromatic heterocycles. The molecule has 2 N–H and O–H groups in total. The van der Waals surface area contributed by atoms with Gasteiger partial charge in [0, 0.05) is 18.7 Å². The van der Waals surface area contributed by atoms with Gasteiger partial charge in [-0.05, 0) is 45.7 Å². The Morgan fingerprint density at radius 2 is 1.96 bits per heavy atom. The van der Waals surface area contributed by atoms with Crippen LogP contribution in [0.1, 0.15) is 41.9 Å². The number of aliphatic carboxylic acids is 1. The van der Waals surface area contributed by atoms with Crippen molar-refractivity contribution < 1.29 is 14.7 Å². The molecule has 1 amide bonds. The summed E-state index contributed by atoms with van der Waals surface area (Å²) in [5.41, 5.74) is 3.97. The van der Waals surface area contributed by atoms with E-state index in [0.717, 1.165) is 22.5 Å². The first-order chi connectivity index (χ1) is 12.3. The predicted octanol–water partition coefficient (Wildman–Crippen LogP) is 2.82. The van der Waals surface area contributed by atoms with Crippen molar-refractivity contribution >= 4 is 11.9 Å². The molecular formula is C20H27N3O3. The van der Waals surface area contributed by atoms with E-state index >= 15 is 0 Å². The summed E-state index contributed by atoms with van der Waals surface area (Å²) in [5, 5.41) is 16.6. The molecule has 2 aromatic rings. The van der Waals surface area contributed by atoms with Gasteiger partial charge in [0.1, 0.15) is 0 Å². The van der Waals surface area contributed by atoms with Crippen molar-refractivity contribution in [3.8, 4) is 0 Å². The number of amides is 1. The highest BCUT2D eigenvalue weighted by molar-refractivity contribution is 5.77. The van der Waals surface area contributed by atoms with Gasteiger partial charge in [0.05, 0.1) is 17.7 Å². The largest absolute Gasteiger partial charge is 0.481 e. The van der Waals surface area contributed by atoms with Crippen molar-refractivity contribution in [2.24, 2.45) is 5.92 Å². The Labute approximate surface area is 154 Å². The number of hydrogen-bond acceptors (Lipinski definition) is 3. The van der Waals surface area contributed by atoms with E-state index in [4.69, 9.17) is 0 Å². The fourth-order valence-corrected chi connectivity index (χ4v) is 3.13. The van der Waals surface area contributed by atoms with E-state index in [1.807, 2.05) is 62.7 Å². The maximum Gasteiger partial charge on any atom is 0.308 e. The smallest absolute Gasteiger partial charge is 0.308 e. The Balaban J connectivity index is 1.90. The number of carboxylic acid groups (broad SMARTS) is 1. The van der Waals surface area contributed by atoms with Crippen molar-refractivity contribution in [1.82, 2.24) is 15.1 Å². The molecule has 0 saturated carbocycles. The van der Waals surface area contributed by atoms with E-state index in [9.17, 15) is 14.7 Å². The first kappa shape index (κ1) is 19.7. The minimum atomic E-state index is -0.904. The van der Waals surface area contributed by atoms with Crippen molar-refractivity contribution in [1.29, 1.82) is 0 Å². The Morgan fingerprint density at radius 3 is 2.54 bits per heavy atom. The highest BCUT2D eigenvalue weighted by Gasteiger charge is 2.20. The van der Waals surface area contributed by atoms with Crippen LogP contribution in [0, 0.1) is 26.7 Å². The fraction of sp³-hybridized carbons (Fsp3) is 0.450. The van der Waals surface area contributed by atoms with Crippen LogP contribution in [0.15, 0.2) is 30.3 Å². The predicted molar refractivity (Wildman–Crippen MR) is 100 cm³/mol. The molecule has 2 rings (SSSR count). The average Bonchev–Trinajstić information content (AvgIpc) is 2.89. The van der Waals surface area contributed by atoms with Crippen LogP contribution in [-0.4, -0.2) is 33.3 Å². The van der Waals surface area contributed by atoms with E-state index in [1.165, 1.54) is 0 Å². The molecule has 1 aromatic carbocycles. The molecule has 0 aliphatic heterocycles. The van der Waals surface area contributed by atoms with Gasteiger partial charge in [0.25, 0.3) is 0 Å². The minimum absolute atomic E-state index is 0.0799. The Bertz CT molecular complexity index is 782.